The van der Waals surface area contributed by atoms with Gasteiger partial charge in [-0.1, -0.05) is 12.1 Å². The minimum absolute atomic E-state index is 0.903. The molecule has 1 unspecified atom stereocenters. The van der Waals surface area contributed by atoms with Crippen LogP contribution >= 0.6 is 9.47 Å². The first kappa shape index (κ1) is 13.1. The summed E-state index contributed by atoms with van der Waals surface area (Å²) in [7, 11) is 4.42. The summed E-state index contributed by atoms with van der Waals surface area (Å²) in [6.07, 6.45) is 4.99. The maximum absolute atomic E-state index is 5.35. The highest BCUT2D eigenvalue weighted by molar-refractivity contribution is 7.10. The summed E-state index contributed by atoms with van der Waals surface area (Å²) >= 11 is 0. The second-order valence-electron chi connectivity index (χ2n) is 4.41. The van der Waals surface area contributed by atoms with E-state index < -0.39 is 0 Å². The molecular formula is C14H19N2OP. The van der Waals surface area contributed by atoms with E-state index in [1.807, 2.05) is 18.2 Å². The molecule has 0 bridgehead atoms. The summed E-state index contributed by atoms with van der Waals surface area (Å²) in [5, 5.41) is 1.18. The van der Waals surface area contributed by atoms with Crippen LogP contribution in [0.25, 0.3) is 10.9 Å². The van der Waals surface area contributed by atoms with E-state index in [1.54, 1.807) is 0 Å². The Morgan fingerprint density at radius 3 is 3.06 bits per heavy atom. The first-order valence-corrected chi connectivity index (χ1v) is 6.48. The zero-order valence-corrected chi connectivity index (χ0v) is 11.8. The lowest BCUT2D eigenvalue weighted by Gasteiger charge is -2.13. The number of likely N-dealkylation sites (N-methyl/N-ethyl adjacent to an activating group) is 1. The molecule has 4 heteroatoms. The molecule has 0 spiro atoms. The number of fused-ring (bicyclic) bond motifs is 1. The lowest BCUT2D eigenvalue weighted by Crippen LogP contribution is -2.20. The summed E-state index contributed by atoms with van der Waals surface area (Å²) in [4.78, 5) is 5.54. The van der Waals surface area contributed by atoms with Crippen molar-refractivity contribution in [1.82, 2.24) is 9.88 Å². The average Bonchev–Trinajstić information content (AvgIpc) is 2.80. The fourth-order valence-corrected chi connectivity index (χ4v) is 2.33. The Hall–Kier alpha value is -1.31. The Morgan fingerprint density at radius 2 is 2.33 bits per heavy atom. The number of aromatic nitrogens is 1. The highest BCUT2D eigenvalue weighted by Crippen LogP contribution is 2.30. The Kier molecular flexibility index (Phi) is 4.40. The number of benzene rings is 1. The van der Waals surface area contributed by atoms with Crippen molar-refractivity contribution in [3.63, 3.8) is 0 Å². The van der Waals surface area contributed by atoms with Gasteiger partial charge < -0.3 is 14.4 Å². The van der Waals surface area contributed by atoms with Crippen LogP contribution in [-0.2, 0) is 6.42 Å². The summed E-state index contributed by atoms with van der Waals surface area (Å²) in [5.74, 6) is 0.903. The number of nitrogens with one attached hydrogen (secondary N) is 1. The van der Waals surface area contributed by atoms with E-state index in [1.165, 1.54) is 10.9 Å². The molecule has 3 nitrogen and oxygen atoms in total. The molecule has 1 aromatic carbocycles. The standard InChI is InChI=1S/C14H19N2OP/c1-3-8-16(2)9-7-11-10-15-12-5-4-6-13(17-18)14(11)12/h3-6,10,15H,1,7-9,18H2,2H3. The fourth-order valence-electron chi connectivity index (χ4n) is 2.14. The van der Waals surface area contributed by atoms with Gasteiger partial charge >= 0.3 is 0 Å². The molecule has 0 aliphatic rings. The normalized spacial score (nSPS) is 11.1. The first-order valence-electron chi connectivity index (χ1n) is 6.01. The lowest BCUT2D eigenvalue weighted by atomic mass is 10.1. The zero-order chi connectivity index (χ0) is 13.0. The van der Waals surface area contributed by atoms with Gasteiger partial charge in [0.1, 0.15) is 5.75 Å². The third-order valence-electron chi connectivity index (χ3n) is 3.08. The van der Waals surface area contributed by atoms with Crippen LogP contribution in [0, 0.1) is 0 Å². The van der Waals surface area contributed by atoms with E-state index in [4.69, 9.17) is 4.52 Å². The van der Waals surface area contributed by atoms with Gasteiger partial charge in [-0.25, -0.2) is 0 Å². The summed E-state index contributed by atoms with van der Waals surface area (Å²) in [6, 6.07) is 6.05. The van der Waals surface area contributed by atoms with Gasteiger partial charge in [0.25, 0.3) is 0 Å². The van der Waals surface area contributed by atoms with Gasteiger partial charge in [0.15, 0.2) is 0 Å². The van der Waals surface area contributed by atoms with Crippen LogP contribution < -0.4 is 4.52 Å². The number of aromatic amines is 1. The van der Waals surface area contributed by atoms with Crippen LogP contribution in [0.5, 0.6) is 5.75 Å². The molecule has 1 heterocycles. The maximum atomic E-state index is 5.35. The highest BCUT2D eigenvalue weighted by atomic mass is 31.0. The topological polar surface area (TPSA) is 28.3 Å². The molecule has 2 aromatic rings. The quantitative estimate of drug-likeness (QED) is 0.640. The Bertz CT molecular complexity index is 536. The van der Waals surface area contributed by atoms with Crippen LogP contribution in [0.4, 0.5) is 0 Å². The van der Waals surface area contributed by atoms with E-state index in [9.17, 15) is 0 Å². The van der Waals surface area contributed by atoms with Crippen molar-refractivity contribution in [2.75, 3.05) is 20.1 Å². The molecule has 0 saturated heterocycles. The second-order valence-corrected chi connectivity index (χ2v) is 4.65. The molecule has 1 aromatic heterocycles. The number of hydrogen-bond acceptors (Lipinski definition) is 2. The molecule has 0 saturated carbocycles. The largest absolute Gasteiger partial charge is 0.480 e. The molecular weight excluding hydrogens is 243 g/mol. The summed E-state index contributed by atoms with van der Waals surface area (Å²) < 4.78 is 5.35. The van der Waals surface area contributed by atoms with Crippen LogP contribution in [-0.4, -0.2) is 30.0 Å². The van der Waals surface area contributed by atoms with Crippen LogP contribution in [0.1, 0.15) is 5.56 Å². The van der Waals surface area contributed by atoms with Crippen molar-refractivity contribution < 1.29 is 4.52 Å². The number of rotatable bonds is 6. The number of nitrogens with zero attached hydrogens (tertiary/aromatic N) is 1. The average molecular weight is 262 g/mol. The number of H-pyrrole nitrogens is 1. The van der Waals surface area contributed by atoms with Crippen molar-refractivity contribution in [2.24, 2.45) is 0 Å². The molecule has 0 fully saturated rings. The summed E-state index contributed by atoms with van der Waals surface area (Å²) in [5.41, 5.74) is 2.41. The zero-order valence-electron chi connectivity index (χ0n) is 10.6. The minimum atomic E-state index is 0.903. The van der Waals surface area contributed by atoms with Gasteiger partial charge in [-0.2, -0.15) is 0 Å². The SMILES string of the molecule is C=CCN(C)CCc1c[nH]c2cccc(OP)c12. The predicted octanol–water partition coefficient (Wildman–Crippen LogP) is 3.00. The van der Waals surface area contributed by atoms with Gasteiger partial charge in [0, 0.05) is 30.2 Å². The highest BCUT2D eigenvalue weighted by Gasteiger charge is 2.09. The molecule has 1 N–H and O–H groups in total. The van der Waals surface area contributed by atoms with E-state index in [0.717, 1.165) is 30.8 Å². The van der Waals surface area contributed by atoms with Gasteiger partial charge in [0.05, 0.1) is 9.47 Å². The van der Waals surface area contributed by atoms with Crippen molar-refractivity contribution in [3.05, 3.63) is 42.6 Å². The summed E-state index contributed by atoms with van der Waals surface area (Å²) in [6.45, 7) is 5.67. The van der Waals surface area contributed by atoms with E-state index in [0.29, 0.717) is 0 Å². The lowest BCUT2D eigenvalue weighted by molar-refractivity contribution is 0.376. The van der Waals surface area contributed by atoms with Crippen molar-refractivity contribution >= 4 is 20.4 Å². The third-order valence-corrected chi connectivity index (χ3v) is 3.33. The van der Waals surface area contributed by atoms with Crippen LogP contribution in [0.15, 0.2) is 37.1 Å². The molecule has 0 aliphatic carbocycles. The van der Waals surface area contributed by atoms with Gasteiger partial charge in [-0.05, 0) is 31.2 Å². The first-order chi connectivity index (χ1) is 8.76. The monoisotopic (exact) mass is 262 g/mol. The van der Waals surface area contributed by atoms with Crippen LogP contribution in [0.2, 0.25) is 0 Å². The second kappa shape index (κ2) is 6.03. The van der Waals surface area contributed by atoms with Crippen molar-refractivity contribution in [1.29, 1.82) is 0 Å². The third kappa shape index (κ3) is 2.74. The molecule has 0 radical (unpaired) electrons. The Balaban J connectivity index is 2.20. The maximum Gasteiger partial charge on any atom is 0.132 e. The van der Waals surface area contributed by atoms with Gasteiger partial charge in [0.2, 0.25) is 0 Å². The Morgan fingerprint density at radius 1 is 1.50 bits per heavy atom. The van der Waals surface area contributed by atoms with Crippen molar-refractivity contribution in [3.8, 4) is 5.75 Å². The molecule has 0 amide bonds. The molecule has 1 atom stereocenters. The smallest absolute Gasteiger partial charge is 0.132 e. The van der Waals surface area contributed by atoms with Crippen molar-refractivity contribution in [2.45, 2.75) is 6.42 Å². The van der Waals surface area contributed by atoms with E-state index in [-0.39, 0.29) is 0 Å². The molecule has 18 heavy (non-hydrogen) atoms. The molecule has 2 rings (SSSR count). The van der Waals surface area contributed by atoms with Gasteiger partial charge in [-0.15, -0.1) is 6.58 Å². The van der Waals surface area contributed by atoms with Crippen LogP contribution in [0.3, 0.4) is 0 Å². The van der Waals surface area contributed by atoms with E-state index in [2.05, 4.69) is 45.2 Å². The Labute approximate surface area is 110 Å². The predicted molar refractivity (Wildman–Crippen MR) is 80.0 cm³/mol. The molecule has 96 valence electrons. The number of hydrogen-bond donors (Lipinski definition) is 1. The minimum Gasteiger partial charge on any atom is -0.480 e. The molecule has 0 aliphatic heterocycles. The van der Waals surface area contributed by atoms with Gasteiger partial charge in [-0.3, -0.25) is 0 Å². The van der Waals surface area contributed by atoms with E-state index >= 15 is 0 Å². The fraction of sp³-hybridized carbons (Fsp3) is 0.286.